The van der Waals surface area contributed by atoms with E-state index in [0.717, 1.165) is 6.54 Å². The maximum atomic E-state index is 8.70. The van der Waals surface area contributed by atoms with Gasteiger partial charge in [-0.05, 0) is 20.8 Å². The molecule has 18 heavy (non-hydrogen) atoms. The number of hydrogen-bond donors (Lipinski definition) is 1. The maximum Gasteiger partial charge on any atom is 0.224 e. The van der Waals surface area contributed by atoms with Gasteiger partial charge in [0.1, 0.15) is 5.02 Å². The van der Waals surface area contributed by atoms with Crippen molar-refractivity contribution in [3.8, 4) is 6.07 Å². The van der Waals surface area contributed by atoms with Crippen LogP contribution in [0.4, 0.5) is 11.8 Å². The molecular formula is C12H18ClN5. The second-order valence-electron chi connectivity index (χ2n) is 4.09. The minimum absolute atomic E-state index is 0.222. The first-order valence-electron chi connectivity index (χ1n) is 6.00. The zero-order valence-electron chi connectivity index (χ0n) is 10.9. The Morgan fingerprint density at radius 2 is 2.28 bits per heavy atom. The van der Waals surface area contributed by atoms with E-state index in [4.69, 9.17) is 16.9 Å². The van der Waals surface area contributed by atoms with E-state index in [1.165, 1.54) is 0 Å². The Bertz CT molecular complexity index is 427. The molecule has 0 aliphatic heterocycles. The lowest BCUT2D eigenvalue weighted by Crippen LogP contribution is -2.32. The van der Waals surface area contributed by atoms with Crippen LogP contribution in [-0.4, -0.2) is 29.1 Å². The van der Waals surface area contributed by atoms with Crippen molar-refractivity contribution in [2.24, 2.45) is 0 Å². The van der Waals surface area contributed by atoms with Crippen molar-refractivity contribution in [3.05, 3.63) is 11.2 Å². The average Bonchev–Trinajstić information content (AvgIpc) is 2.33. The standard InChI is InChI=1S/C12H18ClN5/c1-4-15-12-16-8-10(13)11(17-12)18(9(2)3)7-5-6-14/h8-9H,4-5,7H2,1-3H3,(H,15,16,17). The van der Waals surface area contributed by atoms with Gasteiger partial charge in [0, 0.05) is 19.1 Å². The van der Waals surface area contributed by atoms with Crippen LogP contribution < -0.4 is 10.2 Å². The van der Waals surface area contributed by atoms with E-state index in [2.05, 4.69) is 21.4 Å². The van der Waals surface area contributed by atoms with Crippen molar-refractivity contribution >= 4 is 23.4 Å². The van der Waals surface area contributed by atoms with E-state index in [9.17, 15) is 0 Å². The molecule has 0 aliphatic carbocycles. The number of hydrogen-bond acceptors (Lipinski definition) is 5. The van der Waals surface area contributed by atoms with Gasteiger partial charge in [-0.15, -0.1) is 0 Å². The van der Waals surface area contributed by atoms with Crippen LogP contribution in [0.3, 0.4) is 0 Å². The summed E-state index contributed by atoms with van der Waals surface area (Å²) < 4.78 is 0. The third-order valence-corrected chi connectivity index (χ3v) is 2.69. The smallest absolute Gasteiger partial charge is 0.224 e. The number of anilines is 2. The Labute approximate surface area is 113 Å². The van der Waals surface area contributed by atoms with Gasteiger partial charge in [-0.2, -0.15) is 10.2 Å². The monoisotopic (exact) mass is 267 g/mol. The summed E-state index contributed by atoms with van der Waals surface area (Å²) >= 11 is 6.14. The van der Waals surface area contributed by atoms with E-state index < -0.39 is 0 Å². The van der Waals surface area contributed by atoms with E-state index in [-0.39, 0.29) is 6.04 Å². The van der Waals surface area contributed by atoms with Gasteiger partial charge < -0.3 is 10.2 Å². The second-order valence-corrected chi connectivity index (χ2v) is 4.50. The SMILES string of the molecule is CCNc1ncc(Cl)c(N(CCC#N)C(C)C)n1. The summed E-state index contributed by atoms with van der Waals surface area (Å²) in [5.41, 5.74) is 0. The number of halogens is 1. The Balaban J connectivity index is 3.02. The Kier molecular flexibility index (Phi) is 5.66. The number of nitriles is 1. The van der Waals surface area contributed by atoms with Gasteiger partial charge in [-0.3, -0.25) is 0 Å². The van der Waals surface area contributed by atoms with E-state index in [1.54, 1.807) is 6.20 Å². The molecule has 1 aromatic heterocycles. The third-order valence-electron chi connectivity index (χ3n) is 2.42. The molecule has 98 valence electrons. The molecule has 0 amide bonds. The Morgan fingerprint density at radius 1 is 1.56 bits per heavy atom. The number of aromatic nitrogens is 2. The molecule has 1 aromatic rings. The first-order valence-corrected chi connectivity index (χ1v) is 6.38. The molecule has 0 fully saturated rings. The minimum Gasteiger partial charge on any atom is -0.354 e. The van der Waals surface area contributed by atoms with Crippen LogP contribution in [0.2, 0.25) is 5.02 Å². The molecule has 1 heterocycles. The number of nitrogens with zero attached hydrogens (tertiary/aromatic N) is 4. The van der Waals surface area contributed by atoms with Gasteiger partial charge in [-0.25, -0.2) is 4.98 Å². The van der Waals surface area contributed by atoms with E-state index in [1.807, 2.05) is 25.7 Å². The first-order chi connectivity index (χ1) is 8.60. The van der Waals surface area contributed by atoms with Crippen molar-refractivity contribution in [3.63, 3.8) is 0 Å². The zero-order chi connectivity index (χ0) is 13.5. The highest BCUT2D eigenvalue weighted by atomic mass is 35.5. The molecule has 0 aliphatic rings. The summed E-state index contributed by atoms with van der Waals surface area (Å²) in [5, 5.41) is 12.3. The van der Waals surface area contributed by atoms with Gasteiger partial charge >= 0.3 is 0 Å². The molecule has 1 N–H and O–H groups in total. The van der Waals surface area contributed by atoms with Crippen LogP contribution in [0.25, 0.3) is 0 Å². The molecule has 0 radical (unpaired) electrons. The molecule has 0 saturated heterocycles. The Hall–Kier alpha value is -1.54. The van der Waals surface area contributed by atoms with Crippen LogP contribution >= 0.6 is 11.6 Å². The quantitative estimate of drug-likeness (QED) is 0.858. The minimum atomic E-state index is 0.222. The van der Waals surface area contributed by atoms with Crippen LogP contribution in [0.5, 0.6) is 0 Å². The molecular weight excluding hydrogens is 250 g/mol. The van der Waals surface area contributed by atoms with Crippen LogP contribution in [-0.2, 0) is 0 Å². The number of rotatable bonds is 6. The number of nitrogens with one attached hydrogen (secondary N) is 1. The highest BCUT2D eigenvalue weighted by Crippen LogP contribution is 2.25. The predicted octanol–water partition coefficient (Wildman–Crippen LogP) is 2.69. The van der Waals surface area contributed by atoms with Crippen molar-refractivity contribution in [2.45, 2.75) is 33.2 Å². The summed E-state index contributed by atoms with van der Waals surface area (Å²) in [6.45, 7) is 7.43. The molecule has 0 aromatic carbocycles. The van der Waals surface area contributed by atoms with Gasteiger partial charge in [-0.1, -0.05) is 11.6 Å². The predicted molar refractivity (Wildman–Crippen MR) is 73.9 cm³/mol. The van der Waals surface area contributed by atoms with Crippen LogP contribution in [0, 0.1) is 11.3 Å². The van der Waals surface area contributed by atoms with Gasteiger partial charge in [0.2, 0.25) is 5.95 Å². The highest BCUT2D eigenvalue weighted by molar-refractivity contribution is 6.32. The summed E-state index contributed by atoms with van der Waals surface area (Å²) in [7, 11) is 0. The van der Waals surface area contributed by atoms with Crippen molar-refractivity contribution in [1.82, 2.24) is 9.97 Å². The van der Waals surface area contributed by atoms with Crippen molar-refractivity contribution in [2.75, 3.05) is 23.3 Å². The summed E-state index contributed by atoms with van der Waals surface area (Å²) in [5.74, 6) is 1.23. The van der Waals surface area contributed by atoms with E-state index in [0.29, 0.717) is 29.8 Å². The van der Waals surface area contributed by atoms with Crippen molar-refractivity contribution < 1.29 is 0 Å². The lowest BCUT2D eigenvalue weighted by molar-refractivity contribution is 0.676. The first kappa shape index (κ1) is 14.5. The fourth-order valence-electron chi connectivity index (χ4n) is 1.58. The molecule has 1 rings (SSSR count). The molecule has 0 atom stereocenters. The van der Waals surface area contributed by atoms with Gasteiger partial charge in [0.25, 0.3) is 0 Å². The summed E-state index contributed by atoms with van der Waals surface area (Å²) in [4.78, 5) is 10.5. The third kappa shape index (κ3) is 3.74. The normalized spacial score (nSPS) is 10.2. The topological polar surface area (TPSA) is 64.8 Å². The summed E-state index contributed by atoms with van der Waals surface area (Å²) in [6, 6.07) is 2.36. The molecule has 5 nitrogen and oxygen atoms in total. The van der Waals surface area contributed by atoms with Gasteiger partial charge in [0.05, 0.1) is 18.7 Å². The molecule has 0 bridgehead atoms. The lowest BCUT2D eigenvalue weighted by Gasteiger charge is -2.27. The molecule has 0 unspecified atom stereocenters. The molecule has 0 spiro atoms. The highest BCUT2D eigenvalue weighted by Gasteiger charge is 2.16. The lowest BCUT2D eigenvalue weighted by atomic mass is 10.3. The van der Waals surface area contributed by atoms with E-state index >= 15 is 0 Å². The molecule has 6 heteroatoms. The average molecular weight is 268 g/mol. The van der Waals surface area contributed by atoms with Crippen LogP contribution in [0.15, 0.2) is 6.20 Å². The van der Waals surface area contributed by atoms with Crippen LogP contribution in [0.1, 0.15) is 27.2 Å². The van der Waals surface area contributed by atoms with Crippen molar-refractivity contribution in [1.29, 1.82) is 5.26 Å². The molecule has 0 saturated carbocycles. The fourth-order valence-corrected chi connectivity index (χ4v) is 1.78. The zero-order valence-corrected chi connectivity index (χ0v) is 11.7. The summed E-state index contributed by atoms with van der Waals surface area (Å²) in [6.07, 6.45) is 2.03. The van der Waals surface area contributed by atoms with Gasteiger partial charge in [0.15, 0.2) is 5.82 Å². The second kappa shape index (κ2) is 7.02. The largest absolute Gasteiger partial charge is 0.354 e. The Morgan fingerprint density at radius 3 is 2.83 bits per heavy atom. The maximum absolute atomic E-state index is 8.70. The fraction of sp³-hybridized carbons (Fsp3) is 0.583.